The van der Waals surface area contributed by atoms with Crippen molar-refractivity contribution in [1.82, 2.24) is 4.72 Å². The molecule has 0 saturated heterocycles. The van der Waals surface area contributed by atoms with Gasteiger partial charge in [0.2, 0.25) is 10.0 Å². The Morgan fingerprint density at radius 2 is 1.82 bits per heavy atom. The highest BCUT2D eigenvalue weighted by Gasteiger charge is 2.14. The molecule has 0 fully saturated rings. The average molecular weight is 514 g/mol. The molecule has 0 heterocycles. The average Bonchev–Trinajstić information content (AvgIpc) is 2.66. The molecule has 0 unspecified atom stereocenters. The zero-order valence-corrected chi connectivity index (χ0v) is 19.1. The van der Waals surface area contributed by atoms with Crippen LogP contribution in [0.3, 0.4) is 0 Å². The third kappa shape index (κ3) is 5.92. The minimum atomic E-state index is -3.53. The fraction of sp³-hybridized carbons (Fsp3) is 0.350. The van der Waals surface area contributed by atoms with Crippen molar-refractivity contribution in [3.05, 3.63) is 59.2 Å². The second kappa shape index (κ2) is 10.2. The van der Waals surface area contributed by atoms with Crippen LogP contribution in [0.1, 0.15) is 29.5 Å². The largest absolute Gasteiger partial charge is 0.370 e. The number of anilines is 1. The van der Waals surface area contributed by atoms with Gasteiger partial charge in [0, 0.05) is 12.2 Å². The first kappa shape index (κ1) is 22.6. The van der Waals surface area contributed by atoms with E-state index < -0.39 is 10.0 Å². The van der Waals surface area contributed by atoms with Gasteiger partial charge in [0.25, 0.3) is 0 Å². The molecular formula is C20H27IN4O2S. The maximum Gasteiger partial charge on any atom is 0.240 e. The van der Waals surface area contributed by atoms with Crippen molar-refractivity contribution in [2.75, 3.05) is 18.4 Å². The van der Waals surface area contributed by atoms with Gasteiger partial charge in [-0.3, -0.25) is 4.99 Å². The number of hydrogen-bond acceptors (Lipinski definition) is 3. The van der Waals surface area contributed by atoms with Crippen LogP contribution in [0.15, 0.2) is 52.4 Å². The molecule has 0 aliphatic heterocycles. The Bertz CT molecular complexity index is 928. The predicted molar refractivity (Wildman–Crippen MR) is 125 cm³/mol. The summed E-state index contributed by atoms with van der Waals surface area (Å²) >= 11 is 0. The molecule has 152 valence electrons. The highest BCUT2D eigenvalue weighted by Crippen LogP contribution is 2.27. The van der Waals surface area contributed by atoms with Gasteiger partial charge in [0.05, 0.1) is 11.4 Å². The molecule has 6 nitrogen and oxygen atoms in total. The second-order valence-electron chi connectivity index (χ2n) is 6.75. The molecule has 28 heavy (non-hydrogen) atoms. The normalized spacial score (nSPS) is 14.1. The highest BCUT2D eigenvalue weighted by molar-refractivity contribution is 14.0. The third-order valence-electron chi connectivity index (χ3n) is 4.68. The van der Waals surface area contributed by atoms with Gasteiger partial charge < -0.3 is 11.1 Å². The minimum absolute atomic E-state index is 0. The van der Waals surface area contributed by atoms with Crippen molar-refractivity contribution in [3.63, 3.8) is 0 Å². The second-order valence-corrected chi connectivity index (χ2v) is 8.52. The monoisotopic (exact) mass is 514 g/mol. The van der Waals surface area contributed by atoms with Gasteiger partial charge >= 0.3 is 0 Å². The molecule has 0 radical (unpaired) electrons. The summed E-state index contributed by atoms with van der Waals surface area (Å²) < 4.78 is 27.0. The Kier molecular flexibility index (Phi) is 8.26. The topological polar surface area (TPSA) is 96.6 Å². The molecule has 8 heteroatoms. The maximum absolute atomic E-state index is 12.2. The molecule has 1 aliphatic carbocycles. The van der Waals surface area contributed by atoms with Crippen LogP contribution in [-0.4, -0.2) is 27.5 Å². The van der Waals surface area contributed by atoms with Crippen molar-refractivity contribution in [2.24, 2.45) is 10.7 Å². The van der Waals surface area contributed by atoms with Crippen molar-refractivity contribution in [3.8, 4) is 0 Å². The van der Waals surface area contributed by atoms with Gasteiger partial charge in [-0.2, -0.15) is 0 Å². The van der Waals surface area contributed by atoms with E-state index in [0.29, 0.717) is 5.96 Å². The molecule has 4 N–H and O–H groups in total. The van der Waals surface area contributed by atoms with E-state index in [-0.39, 0.29) is 42.0 Å². The first-order valence-corrected chi connectivity index (χ1v) is 10.7. The van der Waals surface area contributed by atoms with Gasteiger partial charge in [-0.25, -0.2) is 13.1 Å². The summed E-state index contributed by atoms with van der Waals surface area (Å²) in [6, 6.07) is 12.9. The van der Waals surface area contributed by atoms with Crippen LogP contribution in [0.2, 0.25) is 0 Å². The first-order chi connectivity index (χ1) is 13.0. The van der Waals surface area contributed by atoms with Crippen LogP contribution < -0.4 is 15.8 Å². The number of benzene rings is 2. The van der Waals surface area contributed by atoms with E-state index in [1.54, 1.807) is 24.3 Å². The Hall–Kier alpha value is -1.65. The number of rotatable bonds is 6. The van der Waals surface area contributed by atoms with Gasteiger partial charge in [-0.05, 0) is 61.9 Å². The van der Waals surface area contributed by atoms with Crippen molar-refractivity contribution in [1.29, 1.82) is 0 Å². The molecule has 2 aromatic carbocycles. The van der Waals surface area contributed by atoms with Crippen LogP contribution in [0.4, 0.5) is 5.69 Å². The Balaban J connectivity index is 0.00000280. The number of sulfonamides is 1. The van der Waals surface area contributed by atoms with E-state index in [9.17, 15) is 8.42 Å². The molecule has 0 saturated carbocycles. The molecule has 0 aromatic heterocycles. The number of nitrogens with two attached hydrogens (primary N) is 1. The summed E-state index contributed by atoms with van der Waals surface area (Å²) in [6.07, 6.45) is 4.55. The van der Waals surface area contributed by atoms with Crippen molar-refractivity contribution >= 4 is 45.6 Å². The SMILES string of the molecule is Cc1ccc(S(=O)(=O)NCCN=C(N)Nc2cccc3c2CCCC3)cc1.I. The van der Waals surface area contributed by atoms with Gasteiger partial charge in [0.1, 0.15) is 0 Å². The molecule has 2 aromatic rings. The van der Waals surface area contributed by atoms with Crippen LogP contribution in [0.25, 0.3) is 0 Å². The number of nitrogens with one attached hydrogen (secondary N) is 2. The lowest BCUT2D eigenvalue weighted by atomic mass is 9.90. The molecule has 0 spiro atoms. The lowest BCUT2D eigenvalue weighted by Crippen LogP contribution is -2.29. The lowest BCUT2D eigenvalue weighted by molar-refractivity contribution is 0.582. The third-order valence-corrected chi connectivity index (χ3v) is 6.15. The van der Waals surface area contributed by atoms with Gasteiger partial charge in [0.15, 0.2) is 5.96 Å². The Labute approximate surface area is 184 Å². The molecule has 0 bridgehead atoms. The first-order valence-electron chi connectivity index (χ1n) is 9.20. The van der Waals surface area contributed by atoms with E-state index >= 15 is 0 Å². The summed E-state index contributed by atoms with van der Waals surface area (Å²) in [5, 5.41) is 3.16. The summed E-state index contributed by atoms with van der Waals surface area (Å²) in [5.74, 6) is 0.295. The van der Waals surface area contributed by atoms with Crippen LogP contribution in [-0.2, 0) is 22.9 Å². The van der Waals surface area contributed by atoms with E-state index in [2.05, 4.69) is 21.1 Å². The number of guanidine groups is 1. The Morgan fingerprint density at radius 1 is 1.11 bits per heavy atom. The van der Waals surface area contributed by atoms with Crippen LogP contribution in [0.5, 0.6) is 0 Å². The molecule has 1 aliphatic rings. The zero-order valence-electron chi connectivity index (χ0n) is 15.9. The summed E-state index contributed by atoms with van der Waals surface area (Å²) in [7, 11) is -3.53. The quantitative estimate of drug-likeness (QED) is 0.239. The van der Waals surface area contributed by atoms with Gasteiger partial charge in [-0.1, -0.05) is 29.8 Å². The molecular weight excluding hydrogens is 487 g/mol. The van der Waals surface area contributed by atoms with Crippen molar-refractivity contribution in [2.45, 2.75) is 37.5 Å². The molecule has 0 atom stereocenters. The maximum atomic E-state index is 12.2. The standard InChI is InChI=1S/C20H26N4O2S.HI/c1-15-9-11-17(12-10-15)27(25,26)23-14-13-22-20(21)24-19-8-4-6-16-5-2-3-7-18(16)19;/h4,6,8-12,23H,2-3,5,7,13-14H2,1H3,(H3,21,22,24);1H. The highest BCUT2D eigenvalue weighted by atomic mass is 127. The van der Waals surface area contributed by atoms with Crippen LogP contribution >= 0.6 is 24.0 Å². The predicted octanol–water partition coefficient (Wildman–Crippen LogP) is 3.20. The Morgan fingerprint density at radius 3 is 2.57 bits per heavy atom. The van der Waals surface area contributed by atoms with Crippen molar-refractivity contribution < 1.29 is 8.42 Å². The number of aliphatic imine (C=N–C) groups is 1. The number of hydrogen-bond donors (Lipinski definition) is 3. The summed E-state index contributed by atoms with van der Waals surface area (Å²) in [4.78, 5) is 4.48. The smallest absolute Gasteiger partial charge is 0.240 e. The summed E-state index contributed by atoms with van der Waals surface area (Å²) in [6.45, 7) is 2.36. The lowest BCUT2D eigenvalue weighted by Gasteiger charge is -2.19. The van der Waals surface area contributed by atoms with Gasteiger partial charge in [-0.15, -0.1) is 24.0 Å². The van der Waals surface area contributed by atoms with Crippen LogP contribution in [0, 0.1) is 6.92 Å². The van der Waals surface area contributed by atoms with E-state index in [1.807, 2.05) is 19.1 Å². The number of fused-ring (bicyclic) bond motifs is 1. The number of halogens is 1. The van der Waals surface area contributed by atoms with E-state index in [1.165, 1.54) is 24.0 Å². The fourth-order valence-electron chi connectivity index (χ4n) is 3.23. The van der Waals surface area contributed by atoms with E-state index in [0.717, 1.165) is 24.1 Å². The number of nitrogens with zero attached hydrogens (tertiary/aromatic N) is 1. The van der Waals surface area contributed by atoms with E-state index in [4.69, 9.17) is 5.73 Å². The fourth-order valence-corrected chi connectivity index (χ4v) is 4.25. The number of aryl methyl sites for hydroxylation is 2. The zero-order chi connectivity index (χ0) is 19.3. The molecule has 3 rings (SSSR count). The molecule has 0 amide bonds. The minimum Gasteiger partial charge on any atom is -0.370 e. The summed E-state index contributed by atoms with van der Waals surface area (Å²) in [5.41, 5.74) is 10.7.